The fourth-order valence-electron chi connectivity index (χ4n) is 4.81. The maximum atomic E-state index is 5.76. The van der Waals surface area contributed by atoms with E-state index in [1.807, 2.05) is 12.1 Å². The Bertz CT molecular complexity index is 799. The molecule has 2 heteroatoms. The molecule has 0 radical (unpaired) electrons. The van der Waals surface area contributed by atoms with Crippen molar-refractivity contribution in [3.63, 3.8) is 0 Å². The van der Waals surface area contributed by atoms with Gasteiger partial charge in [0.1, 0.15) is 0 Å². The lowest BCUT2D eigenvalue weighted by atomic mass is 9.70. The van der Waals surface area contributed by atoms with Crippen LogP contribution >= 0.6 is 0 Å². The molecule has 2 saturated carbocycles. The molecule has 2 aromatic carbocycles. The zero-order chi connectivity index (χ0) is 17.7. The van der Waals surface area contributed by atoms with Crippen LogP contribution < -0.4 is 5.73 Å². The minimum atomic E-state index is 0.278. The average Bonchev–Trinajstić information content (AvgIpc) is 2.92. The highest BCUT2D eigenvalue weighted by molar-refractivity contribution is 5.96. The molecule has 0 unspecified atom stereocenters. The molecule has 130 valence electrons. The van der Waals surface area contributed by atoms with Crippen LogP contribution in [-0.2, 0) is 6.42 Å². The van der Waals surface area contributed by atoms with Gasteiger partial charge in [-0.3, -0.25) is 4.99 Å². The molecule has 0 aliphatic heterocycles. The lowest BCUT2D eigenvalue weighted by Gasteiger charge is -2.34. The summed E-state index contributed by atoms with van der Waals surface area (Å²) in [7, 11) is 0. The van der Waals surface area contributed by atoms with E-state index in [0.29, 0.717) is 5.41 Å². The molecule has 0 spiro atoms. The maximum absolute atomic E-state index is 5.76. The number of fused-ring (bicyclic) bond motifs is 2. The topological polar surface area (TPSA) is 38.4 Å². The van der Waals surface area contributed by atoms with Crippen molar-refractivity contribution < 1.29 is 0 Å². The van der Waals surface area contributed by atoms with E-state index in [4.69, 9.17) is 10.7 Å². The number of hydrogen-bond acceptors (Lipinski definition) is 2. The summed E-state index contributed by atoms with van der Waals surface area (Å²) in [6.07, 6.45) is 4.77. The number of nitrogens with zero attached hydrogens (tertiary/aromatic N) is 1. The Morgan fingerprint density at radius 3 is 2.08 bits per heavy atom. The van der Waals surface area contributed by atoms with Gasteiger partial charge in [-0.1, -0.05) is 45.0 Å². The predicted molar refractivity (Wildman–Crippen MR) is 106 cm³/mol. The molecule has 2 aliphatic carbocycles. The first-order chi connectivity index (χ1) is 11.9. The zero-order valence-corrected chi connectivity index (χ0v) is 15.5. The van der Waals surface area contributed by atoms with Gasteiger partial charge in [0.15, 0.2) is 0 Å². The SMILES string of the molecule is CC1(C)[C@@H]2CC[C@@]1(C)C(=Nc1ccc(Cc3ccc(N)cc3)cc1)C2. The van der Waals surface area contributed by atoms with E-state index in [-0.39, 0.29) is 5.41 Å². The van der Waals surface area contributed by atoms with E-state index in [1.54, 1.807) is 0 Å². The van der Waals surface area contributed by atoms with Gasteiger partial charge in [0.2, 0.25) is 0 Å². The van der Waals surface area contributed by atoms with Crippen LogP contribution in [0.15, 0.2) is 53.5 Å². The first-order valence-corrected chi connectivity index (χ1v) is 9.40. The van der Waals surface area contributed by atoms with Gasteiger partial charge in [-0.2, -0.15) is 0 Å². The zero-order valence-electron chi connectivity index (χ0n) is 15.5. The summed E-state index contributed by atoms with van der Waals surface area (Å²) in [5.74, 6) is 0.807. The number of hydrogen-bond donors (Lipinski definition) is 1. The van der Waals surface area contributed by atoms with Gasteiger partial charge in [-0.25, -0.2) is 0 Å². The molecule has 2 nitrogen and oxygen atoms in total. The van der Waals surface area contributed by atoms with Crippen LogP contribution in [-0.4, -0.2) is 5.71 Å². The van der Waals surface area contributed by atoms with E-state index in [1.165, 1.54) is 36.1 Å². The standard InChI is InChI=1S/C23H28N2/c1-22(2)18-12-13-23(22,3)21(15-18)25-20-10-6-17(7-11-20)14-16-4-8-19(24)9-5-16/h4-11,18H,12-15,24H2,1-3H3/t18-,23+/m1/s1. The summed E-state index contributed by atoms with van der Waals surface area (Å²) in [4.78, 5) is 5.07. The summed E-state index contributed by atoms with van der Waals surface area (Å²) in [5.41, 5.74) is 12.4. The van der Waals surface area contributed by atoms with Crippen LogP contribution in [0.1, 0.15) is 51.2 Å². The molecule has 2 N–H and O–H groups in total. The minimum Gasteiger partial charge on any atom is -0.399 e. The van der Waals surface area contributed by atoms with E-state index >= 15 is 0 Å². The van der Waals surface area contributed by atoms with E-state index in [9.17, 15) is 0 Å². The molecule has 2 fully saturated rings. The van der Waals surface area contributed by atoms with Gasteiger partial charge in [-0.15, -0.1) is 0 Å². The molecule has 0 saturated heterocycles. The second-order valence-corrected chi connectivity index (χ2v) is 8.64. The van der Waals surface area contributed by atoms with Crippen LogP contribution in [0.4, 0.5) is 11.4 Å². The molecule has 2 bridgehead atoms. The summed E-state index contributed by atoms with van der Waals surface area (Å²) < 4.78 is 0. The van der Waals surface area contributed by atoms with E-state index < -0.39 is 0 Å². The number of nitrogens with two attached hydrogens (primary N) is 1. The smallest absolute Gasteiger partial charge is 0.0629 e. The predicted octanol–water partition coefficient (Wildman–Crippen LogP) is 5.78. The van der Waals surface area contributed by atoms with E-state index in [0.717, 1.165) is 23.7 Å². The van der Waals surface area contributed by atoms with Crippen LogP contribution in [0.2, 0.25) is 0 Å². The van der Waals surface area contributed by atoms with Crippen molar-refractivity contribution in [2.24, 2.45) is 21.7 Å². The third kappa shape index (κ3) is 2.68. The maximum Gasteiger partial charge on any atom is 0.0629 e. The summed E-state index contributed by atoms with van der Waals surface area (Å²) >= 11 is 0. The lowest BCUT2D eigenvalue weighted by molar-refractivity contribution is 0.194. The van der Waals surface area contributed by atoms with Crippen LogP contribution in [0.3, 0.4) is 0 Å². The first kappa shape index (κ1) is 16.4. The monoisotopic (exact) mass is 332 g/mol. The average molecular weight is 332 g/mol. The molecule has 25 heavy (non-hydrogen) atoms. The number of aliphatic imine (C=N–C) groups is 1. The molecular weight excluding hydrogens is 304 g/mol. The van der Waals surface area contributed by atoms with Crippen molar-refractivity contribution in [1.82, 2.24) is 0 Å². The van der Waals surface area contributed by atoms with Crippen LogP contribution in [0.25, 0.3) is 0 Å². The van der Waals surface area contributed by atoms with Crippen LogP contribution in [0.5, 0.6) is 0 Å². The van der Waals surface area contributed by atoms with Gasteiger partial charge in [0.25, 0.3) is 0 Å². The molecule has 4 rings (SSSR count). The Kier molecular flexibility index (Phi) is 3.75. The number of benzene rings is 2. The second-order valence-electron chi connectivity index (χ2n) is 8.64. The Balaban J connectivity index is 1.52. The Hall–Kier alpha value is -2.09. The molecular formula is C23H28N2. The Morgan fingerprint density at radius 2 is 1.56 bits per heavy atom. The van der Waals surface area contributed by atoms with Crippen molar-refractivity contribution in [1.29, 1.82) is 0 Å². The van der Waals surface area contributed by atoms with Crippen molar-refractivity contribution in [2.75, 3.05) is 5.73 Å². The fourth-order valence-corrected chi connectivity index (χ4v) is 4.81. The van der Waals surface area contributed by atoms with Gasteiger partial charge in [0, 0.05) is 16.8 Å². The highest BCUT2D eigenvalue weighted by atomic mass is 14.8. The molecule has 0 amide bonds. The van der Waals surface area contributed by atoms with Crippen molar-refractivity contribution >= 4 is 17.1 Å². The molecule has 2 aliphatic rings. The van der Waals surface area contributed by atoms with Crippen molar-refractivity contribution in [3.8, 4) is 0 Å². The molecule has 0 aromatic heterocycles. The second kappa shape index (κ2) is 5.72. The summed E-state index contributed by atoms with van der Waals surface area (Å²) in [6.45, 7) is 7.29. The number of rotatable bonds is 3. The lowest BCUT2D eigenvalue weighted by Crippen LogP contribution is -2.32. The Morgan fingerprint density at radius 1 is 0.960 bits per heavy atom. The van der Waals surface area contributed by atoms with E-state index in [2.05, 4.69) is 57.2 Å². The largest absolute Gasteiger partial charge is 0.399 e. The minimum absolute atomic E-state index is 0.278. The highest BCUT2D eigenvalue weighted by Crippen LogP contribution is 2.64. The van der Waals surface area contributed by atoms with Crippen LogP contribution in [0, 0.1) is 16.7 Å². The normalized spacial score (nSPS) is 28.6. The van der Waals surface area contributed by atoms with Gasteiger partial charge in [0.05, 0.1) is 5.69 Å². The fraction of sp³-hybridized carbons (Fsp3) is 0.435. The molecule has 0 heterocycles. The number of nitrogen functional groups attached to an aromatic ring is 1. The van der Waals surface area contributed by atoms with Gasteiger partial charge in [-0.05, 0) is 72.4 Å². The Labute approximate surface area is 151 Å². The summed E-state index contributed by atoms with van der Waals surface area (Å²) in [6, 6.07) is 16.9. The highest BCUT2D eigenvalue weighted by Gasteiger charge is 2.59. The third-order valence-electron chi connectivity index (χ3n) is 7.10. The third-order valence-corrected chi connectivity index (χ3v) is 7.10. The van der Waals surface area contributed by atoms with Crippen molar-refractivity contribution in [2.45, 2.75) is 46.5 Å². The number of anilines is 1. The summed E-state index contributed by atoms with van der Waals surface area (Å²) in [5, 5.41) is 0. The molecule has 2 aromatic rings. The van der Waals surface area contributed by atoms with Gasteiger partial charge >= 0.3 is 0 Å². The van der Waals surface area contributed by atoms with Gasteiger partial charge < -0.3 is 5.73 Å². The van der Waals surface area contributed by atoms with Crippen molar-refractivity contribution in [3.05, 3.63) is 59.7 Å². The first-order valence-electron chi connectivity index (χ1n) is 9.40. The molecule has 2 atom stereocenters. The quantitative estimate of drug-likeness (QED) is 0.711.